The van der Waals surface area contributed by atoms with Gasteiger partial charge in [-0.05, 0) is 44.0 Å². The van der Waals surface area contributed by atoms with E-state index in [4.69, 9.17) is 4.74 Å². The Morgan fingerprint density at radius 3 is 2.35 bits per heavy atom. The minimum absolute atomic E-state index is 0. The molecule has 0 amide bonds. The molecule has 0 radical (unpaired) electrons. The largest absolute Gasteiger partial charge is 0.379 e. The zero-order chi connectivity index (χ0) is 21.0. The van der Waals surface area contributed by atoms with Crippen LogP contribution in [0, 0.1) is 6.92 Å². The summed E-state index contributed by atoms with van der Waals surface area (Å²) >= 11 is 0. The van der Waals surface area contributed by atoms with Crippen molar-refractivity contribution in [1.82, 2.24) is 20.4 Å². The topological polar surface area (TPSA) is 55.4 Å². The second-order valence-electron chi connectivity index (χ2n) is 8.25. The zero-order valence-corrected chi connectivity index (χ0v) is 21.6. The van der Waals surface area contributed by atoms with Crippen LogP contribution in [0.1, 0.15) is 18.4 Å². The maximum absolute atomic E-state index is 5.39. The van der Waals surface area contributed by atoms with Gasteiger partial charge in [0.15, 0.2) is 5.96 Å². The number of guanidine groups is 1. The number of rotatable bonds is 9. The predicted octanol–water partition coefficient (Wildman–Crippen LogP) is 2.01. The number of aliphatic imine (C=N–C) groups is 1. The summed E-state index contributed by atoms with van der Waals surface area (Å²) in [5.41, 5.74) is 2.71. The average molecular weight is 545 g/mol. The molecule has 1 aromatic carbocycles. The molecule has 0 bridgehead atoms. The molecule has 0 spiro atoms. The number of nitrogens with zero attached hydrogens (tertiary/aromatic N) is 4. The highest BCUT2D eigenvalue weighted by molar-refractivity contribution is 14.0. The van der Waals surface area contributed by atoms with Crippen LogP contribution in [0.25, 0.3) is 0 Å². The van der Waals surface area contributed by atoms with E-state index in [1.165, 1.54) is 30.6 Å². The molecule has 176 valence electrons. The Hall–Kier alpha value is -1.10. The van der Waals surface area contributed by atoms with Crippen molar-refractivity contribution in [1.29, 1.82) is 0 Å². The normalized spacial score (nSPS) is 18.5. The van der Waals surface area contributed by atoms with Gasteiger partial charge in [0.2, 0.25) is 0 Å². The molecule has 3 rings (SSSR count). The van der Waals surface area contributed by atoms with Gasteiger partial charge in [0.05, 0.1) is 13.2 Å². The lowest BCUT2D eigenvalue weighted by Gasteiger charge is -2.36. The van der Waals surface area contributed by atoms with Crippen LogP contribution in [0.3, 0.4) is 0 Å². The van der Waals surface area contributed by atoms with Gasteiger partial charge in [-0.25, -0.2) is 0 Å². The highest BCUT2D eigenvalue weighted by atomic mass is 127. The van der Waals surface area contributed by atoms with Gasteiger partial charge in [0.25, 0.3) is 0 Å². The number of halogens is 1. The van der Waals surface area contributed by atoms with E-state index >= 15 is 0 Å². The first-order chi connectivity index (χ1) is 14.7. The highest BCUT2D eigenvalue weighted by Crippen LogP contribution is 2.17. The molecule has 7 nitrogen and oxygen atoms in total. The van der Waals surface area contributed by atoms with E-state index in [0.717, 1.165) is 78.1 Å². The first kappa shape index (κ1) is 26.2. The minimum atomic E-state index is 0. The number of benzene rings is 1. The Bertz CT molecular complexity index is 645. The summed E-state index contributed by atoms with van der Waals surface area (Å²) in [7, 11) is 1.85. The van der Waals surface area contributed by atoms with Crippen LogP contribution in [0.4, 0.5) is 5.69 Å². The summed E-state index contributed by atoms with van der Waals surface area (Å²) < 4.78 is 5.39. The predicted molar refractivity (Wildman–Crippen MR) is 141 cm³/mol. The maximum atomic E-state index is 5.39. The average Bonchev–Trinajstić information content (AvgIpc) is 2.79. The molecule has 2 N–H and O–H groups in total. The Morgan fingerprint density at radius 2 is 1.65 bits per heavy atom. The lowest BCUT2D eigenvalue weighted by Crippen LogP contribution is -2.46. The number of hydrogen-bond acceptors (Lipinski definition) is 5. The van der Waals surface area contributed by atoms with Gasteiger partial charge in [-0.3, -0.25) is 14.8 Å². The van der Waals surface area contributed by atoms with E-state index in [9.17, 15) is 0 Å². The van der Waals surface area contributed by atoms with Gasteiger partial charge in [-0.15, -0.1) is 24.0 Å². The summed E-state index contributed by atoms with van der Waals surface area (Å²) in [6.45, 7) is 14.6. The molecule has 1 aromatic rings. The number of anilines is 1. The van der Waals surface area contributed by atoms with Crippen LogP contribution in [-0.4, -0.2) is 101 Å². The molecule has 2 heterocycles. The number of piperazine rings is 1. The molecule has 2 aliphatic heterocycles. The number of aryl methyl sites for hydroxylation is 1. The van der Waals surface area contributed by atoms with Crippen LogP contribution in [0.15, 0.2) is 29.3 Å². The molecule has 31 heavy (non-hydrogen) atoms. The smallest absolute Gasteiger partial charge is 0.191 e. The molecule has 2 fully saturated rings. The highest BCUT2D eigenvalue weighted by Gasteiger charge is 2.16. The van der Waals surface area contributed by atoms with E-state index in [-0.39, 0.29) is 24.0 Å². The summed E-state index contributed by atoms with van der Waals surface area (Å²) in [6, 6.07) is 8.86. The summed E-state index contributed by atoms with van der Waals surface area (Å²) in [4.78, 5) is 11.9. The number of morpholine rings is 1. The van der Waals surface area contributed by atoms with E-state index in [0.29, 0.717) is 0 Å². The monoisotopic (exact) mass is 544 g/mol. The number of unbranched alkanes of at least 4 members (excludes halogenated alkanes) is 1. The third-order valence-corrected chi connectivity index (χ3v) is 5.98. The Morgan fingerprint density at radius 1 is 0.935 bits per heavy atom. The molecule has 0 aromatic heterocycles. The van der Waals surface area contributed by atoms with Crippen LogP contribution in [0.2, 0.25) is 0 Å². The second kappa shape index (κ2) is 14.9. The molecule has 2 saturated heterocycles. The van der Waals surface area contributed by atoms with E-state index in [1.54, 1.807) is 0 Å². The van der Waals surface area contributed by atoms with Gasteiger partial charge >= 0.3 is 0 Å². The first-order valence-electron chi connectivity index (χ1n) is 11.5. The lowest BCUT2D eigenvalue weighted by molar-refractivity contribution is 0.0389. The Labute approximate surface area is 205 Å². The summed E-state index contributed by atoms with van der Waals surface area (Å²) in [5, 5.41) is 6.87. The van der Waals surface area contributed by atoms with E-state index in [2.05, 4.69) is 61.5 Å². The van der Waals surface area contributed by atoms with Crippen molar-refractivity contribution in [3.05, 3.63) is 29.8 Å². The Balaban J connectivity index is 0.00000341. The third kappa shape index (κ3) is 9.51. The lowest BCUT2D eigenvalue weighted by atomic mass is 10.2. The standard InChI is InChI=1S/C23H40N6O.HI/c1-21-6-5-7-22(20-21)29-14-12-27(13-15-29)10-4-3-8-25-23(24-2)26-9-11-28-16-18-30-19-17-28;/h5-7,20H,3-4,8-19H2,1-2H3,(H2,24,25,26);1H. The van der Waals surface area contributed by atoms with Crippen molar-refractivity contribution in [2.45, 2.75) is 19.8 Å². The van der Waals surface area contributed by atoms with Crippen LogP contribution in [0.5, 0.6) is 0 Å². The summed E-state index contributed by atoms with van der Waals surface area (Å²) in [6.07, 6.45) is 2.39. The van der Waals surface area contributed by atoms with Gasteiger partial charge in [-0.1, -0.05) is 12.1 Å². The fourth-order valence-electron chi connectivity index (χ4n) is 4.10. The quantitative estimate of drug-likeness (QED) is 0.215. The van der Waals surface area contributed by atoms with Crippen molar-refractivity contribution in [2.24, 2.45) is 4.99 Å². The van der Waals surface area contributed by atoms with Gasteiger partial charge < -0.3 is 20.3 Å². The van der Waals surface area contributed by atoms with Crippen molar-refractivity contribution >= 4 is 35.6 Å². The molecular formula is C23H41IN6O. The fourth-order valence-corrected chi connectivity index (χ4v) is 4.10. The van der Waals surface area contributed by atoms with Gasteiger partial charge in [0.1, 0.15) is 0 Å². The van der Waals surface area contributed by atoms with Crippen LogP contribution in [-0.2, 0) is 4.74 Å². The molecular weight excluding hydrogens is 503 g/mol. The van der Waals surface area contributed by atoms with Crippen LogP contribution < -0.4 is 15.5 Å². The molecule has 0 saturated carbocycles. The zero-order valence-electron chi connectivity index (χ0n) is 19.3. The molecule has 0 unspecified atom stereocenters. The minimum Gasteiger partial charge on any atom is -0.379 e. The molecule has 0 atom stereocenters. The third-order valence-electron chi connectivity index (χ3n) is 5.98. The number of hydrogen-bond donors (Lipinski definition) is 2. The van der Waals surface area contributed by atoms with Gasteiger partial charge in [0, 0.05) is 71.6 Å². The summed E-state index contributed by atoms with van der Waals surface area (Å²) in [5.74, 6) is 0.912. The number of nitrogens with one attached hydrogen (secondary N) is 2. The van der Waals surface area contributed by atoms with Crippen molar-refractivity contribution < 1.29 is 4.74 Å². The second-order valence-corrected chi connectivity index (χ2v) is 8.25. The van der Waals surface area contributed by atoms with Crippen molar-refractivity contribution in [2.75, 3.05) is 90.6 Å². The van der Waals surface area contributed by atoms with E-state index in [1.807, 2.05) is 7.05 Å². The van der Waals surface area contributed by atoms with Gasteiger partial charge in [-0.2, -0.15) is 0 Å². The fraction of sp³-hybridized carbons (Fsp3) is 0.696. The van der Waals surface area contributed by atoms with Crippen molar-refractivity contribution in [3.63, 3.8) is 0 Å². The number of ether oxygens (including phenoxy) is 1. The van der Waals surface area contributed by atoms with Crippen LogP contribution >= 0.6 is 24.0 Å². The maximum Gasteiger partial charge on any atom is 0.191 e. The van der Waals surface area contributed by atoms with E-state index < -0.39 is 0 Å². The molecule has 8 heteroatoms. The molecule has 2 aliphatic rings. The Kier molecular flexibility index (Phi) is 12.5. The SMILES string of the molecule is CN=C(NCCCCN1CCN(c2cccc(C)c2)CC1)NCCN1CCOCC1.I. The molecule has 0 aliphatic carbocycles. The van der Waals surface area contributed by atoms with Crippen molar-refractivity contribution in [3.8, 4) is 0 Å². The first-order valence-corrected chi connectivity index (χ1v) is 11.5.